The maximum absolute atomic E-state index is 12.6. The minimum absolute atomic E-state index is 0.00745. The van der Waals surface area contributed by atoms with Gasteiger partial charge in [-0.15, -0.1) is 0 Å². The van der Waals surface area contributed by atoms with Gasteiger partial charge in [-0.3, -0.25) is 4.79 Å². The van der Waals surface area contributed by atoms with E-state index in [1.165, 1.54) is 24.8 Å². The molecule has 4 nitrogen and oxygen atoms in total. The molecule has 2 aliphatic carbocycles. The Morgan fingerprint density at radius 1 is 1.22 bits per heavy atom. The molecule has 2 saturated carbocycles. The summed E-state index contributed by atoms with van der Waals surface area (Å²) in [5, 5.41) is 3.53. The standard InChI is InChI=1S/C23H31NO3/c1-22-9-5-10-23(15-26-23)20(22)12-17-18(21(25)27-19(17)13-22)14-24-11-8-16-6-3-2-4-7-16/h2-4,6-7,17-20,24H,5,8-15H2,1H3/t17-,18-,19+,20+,22-,23-/m0/s1. The molecule has 1 aromatic carbocycles. The summed E-state index contributed by atoms with van der Waals surface area (Å²) in [7, 11) is 0. The molecule has 1 N–H and O–H groups in total. The largest absolute Gasteiger partial charge is 0.462 e. The van der Waals surface area contributed by atoms with E-state index in [1.54, 1.807) is 0 Å². The molecule has 27 heavy (non-hydrogen) atoms. The van der Waals surface area contributed by atoms with Crippen LogP contribution in [0.4, 0.5) is 0 Å². The van der Waals surface area contributed by atoms with E-state index in [0.29, 0.717) is 11.8 Å². The van der Waals surface area contributed by atoms with Crippen LogP contribution in [0.2, 0.25) is 0 Å². The Balaban J connectivity index is 1.22. The van der Waals surface area contributed by atoms with E-state index in [1.807, 2.05) is 6.07 Å². The van der Waals surface area contributed by atoms with Gasteiger partial charge in [0, 0.05) is 12.5 Å². The van der Waals surface area contributed by atoms with Crippen molar-refractivity contribution >= 4 is 5.97 Å². The number of esters is 1. The number of carbonyl (C=O) groups excluding carboxylic acids is 1. The fourth-order valence-electron chi connectivity index (χ4n) is 6.33. The normalized spacial score (nSPS) is 42.5. The quantitative estimate of drug-likeness (QED) is 0.491. The lowest BCUT2D eigenvalue weighted by atomic mass is 9.53. The zero-order valence-electron chi connectivity index (χ0n) is 16.3. The average Bonchev–Trinajstić information content (AvgIpc) is 3.36. The molecule has 2 saturated heterocycles. The first kappa shape index (κ1) is 17.7. The van der Waals surface area contributed by atoms with E-state index in [9.17, 15) is 4.79 Å². The maximum Gasteiger partial charge on any atom is 0.310 e. The Morgan fingerprint density at radius 2 is 2.04 bits per heavy atom. The highest BCUT2D eigenvalue weighted by atomic mass is 16.6. The van der Waals surface area contributed by atoms with E-state index in [-0.39, 0.29) is 29.0 Å². The zero-order chi connectivity index (χ0) is 18.5. The molecule has 4 heteroatoms. The Kier molecular flexibility index (Phi) is 4.32. The molecule has 6 atom stereocenters. The van der Waals surface area contributed by atoms with Crippen molar-refractivity contribution in [2.24, 2.45) is 23.2 Å². The van der Waals surface area contributed by atoms with Crippen molar-refractivity contribution in [2.75, 3.05) is 19.7 Å². The van der Waals surface area contributed by atoms with Crippen LogP contribution in [0.1, 0.15) is 44.6 Å². The van der Waals surface area contributed by atoms with Crippen LogP contribution in [0.25, 0.3) is 0 Å². The highest BCUT2D eigenvalue weighted by Crippen LogP contribution is 2.62. The molecule has 0 radical (unpaired) electrons. The highest BCUT2D eigenvalue weighted by molar-refractivity contribution is 5.75. The number of fused-ring (bicyclic) bond motifs is 3. The molecule has 0 bridgehead atoms. The topological polar surface area (TPSA) is 50.9 Å². The predicted octanol–water partition coefficient (Wildman–Crippen LogP) is 3.35. The molecule has 0 amide bonds. The van der Waals surface area contributed by atoms with Gasteiger partial charge in [0.1, 0.15) is 6.10 Å². The van der Waals surface area contributed by atoms with Crippen LogP contribution in [0, 0.1) is 23.2 Å². The summed E-state index contributed by atoms with van der Waals surface area (Å²) in [4.78, 5) is 12.6. The number of rotatable bonds is 5. The average molecular weight is 370 g/mol. The molecule has 0 aromatic heterocycles. The van der Waals surface area contributed by atoms with Gasteiger partial charge in [0.25, 0.3) is 0 Å². The fourth-order valence-corrected chi connectivity index (χ4v) is 6.33. The number of benzene rings is 1. The van der Waals surface area contributed by atoms with Crippen LogP contribution in [-0.4, -0.2) is 37.4 Å². The van der Waals surface area contributed by atoms with E-state index in [4.69, 9.17) is 9.47 Å². The SMILES string of the molecule is C[C@@]12CCC[C@]3(CO3)[C@@H]1C[C@H]1[C@H](CNCCc3ccccc3)C(=O)O[C@@H]1C2. The van der Waals surface area contributed by atoms with E-state index >= 15 is 0 Å². The Bertz CT molecular complexity index is 701. The molecular formula is C23H31NO3. The second-order valence-electron chi connectivity index (χ2n) is 9.54. The smallest absolute Gasteiger partial charge is 0.310 e. The molecule has 5 rings (SSSR count). The summed E-state index contributed by atoms with van der Waals surface area (Å²) < 4.78 is 11.9. The molecule has 2 aliphatic heterocycles. The molecule has 4 fully saturated rings. The predicted molar refractivity (Wildman–Crippen MR) is 103 cm³/mol. The van der Waals surface area contributed by atoms with Gasteiger partial charge in [-0.2, -0.15) is 0 Å². The monoisotopic (exact) mass is 369 g/mol. The lowest BCUT2D eigenvalue weighted by Crippen LogP contribution is -2.51. The van der Waals surface area contributed by atoms with Crippen LogP contribution in [0.5, 0.6) is 0 Å². The van der Waals surface area contributed by atoms with Gasteiger partial charge in [0.15, 0.2) is 0 Å². The lowest BCUT2D eigenvalue weighted by Gasteiger charge is -2.51. The molecule has 1 aromatic rings. The van der Waals surface area contributed by atoms with Gasteiger partial charge < -0.3 is 14.8 Å². The first-order valence-corrected chi connectivity index (χ1v) is 10.7. The maximum atomic E-state index is 12.6. The Morgan fingerprint density at radius 3 is 2.81 bits per heavy atom. The number of carbonyl (C=O) groups is 1. The summed E-state index contributed by atoms with van der Waals surface area (Å²) in [6, 6.07) is 10.5. The van der Waals surface area contributed by atoms with Crippen molar-refractivity contribution in [3.63, 3.8) is 0 Å². The molecule has 146 valence electrons. The van der Waals surface area contributed by atoms with Gasteiger partial charge in [0.05, 0.1) is 18.1 Å². The summed E-state index contributed by atoms with van der Waals surface area (Å²) in [5.41, 5.74) is 1.75. The lowest BCUT2D eigenvalue weighted by molar-refractivity contribution is -0.147. The van der Waals surface area contributed by atoms with Gasteiger partial charge in [0.2, 0.25) is 0 Å². The van der Waals surface area contributed by atoms with Crippen LogP contribution in [0.15, 0.2) is 30.3 Å². The first-order valence-electron chi connectivity index (χ1n) is 10.7. The number of hydrogen-bond donors (Lipinski definition) is 1. The molecule has 2 heterocycles. The minimum atomic E-state index is 0.00745. The van der Waals surface area contributed by atoms with E-state index < -0.39 is 0 Å². The third kappa shape index (κ3) is 3.11. The highest BCUT2D eigenvalue weighted by Gasteiger charge is 2.64. The zero-order valence-corrected chi connectivity index (χ0v) is 16.3. The number of ether oxygens (including phenoxy) is 2. The van der Waals surface area contributed by atoms with Crippen LogP contribution < -0.4 is 5.32 Å². The Labute approximate surface area is 162 Å². The summed E-state index contributed by atoms with van der Waals surface area (Å²) >= 11 is 0. The summed E-state index contributed by atoms with van der Waals surface area (Å²) in [6.07, 6.45) is 6.95. The summed E-state index contributed by atoms with van der Waals surface area (Å²) in [6.45, 7) is 4.98. The van der Waals surface area contributed by atoms with Crippen LogP contribution >= 0.6 is 0 Å². The van der Waals surface area contributed by atoms with Gasteiger partial charge in [-0.05, 0) is 62.0 Å². The van der Waals surface area contributed by atoms with Crippen molar-refractivity contribution in [3.05, 3.63) is 35.9 Å². The third-order valence-electron chi connectivity index (χ3n) is 7.88. The van der Waals surface area contributed by atoms with E-state index in [2.05, 4.69) is 36.5 Å². The van der Waals surface area contributed by atoms with Crippen molar-refractivity contribution in [1.29, 1.82) is 0 Å². The molecular weight excluding hydrogens is 338 g/mol. The van der Waals surface area contributed by atoms with Gasteiger partial charge in [-0.1, -0.05) is 37.3 Å². The van der Waals surface area contributed by atoms with Crippen molar-refractivity contribution in [3.8, 4) is 0 Å². The van der Waals surface area contributed by atoms with Crippen molar-refractivity contribution in [2.45, 2.75) is 57.2 Å². The second-order valence-corrected chi connectivity index (χ2v) is 9.54. The minimum Gasteiger partial charge on any atom is -0.462 e. The number of nitrogens with one attached hydrogen (secondary N) is 1. The second kappa shape index (κ2) is 6.59. The van der Waals surface area contributed by atoms with E-state index in [0.717, 1.165) is 39.0 Å². The van der Waals surface area contributed by atoms with Gasteiger partial charge >= 0.3 is 5.97 Å². The fraction of sp³-hybridized carbons (Fsp3) is 0.696. The third-order valence-corrected chi connectivity index (χ3v) is 7.88. The van der Waals surface area contributed by atoms with Crippen LogP contribution in [-0.2, 0) is 20.7 Å². The molecule has 4 aliphatic rings. The summed E-state index contributed by atoms with van der Waals surface area (Å²) in [5.74, 6) is 0.985. The number of epoxide rings is 1. The number of hydrogen-bond acceptors (Lipinski definition) is 4. The first-order chi connectivity index (χ1) is 13.1. The molecule has 1 spiro atoms. The van der Waals surface area contributed by atoms with Crippen LogP contribution in [0.3, 0.4) is 0 Å². The molecule has 0 unspecified atom stereocenters. The Hall–Kier alpha value is -1.39. The van der Waals surface area contributed by atoms with Crippen molar-refractivity contribution < 1.29 is 14.3 Å². The van der Waals surface area contributed by atoms with Gasteiger partial charge in [-0.25, -0.2) is 0 Å². The van der Waals surface area contributed by atoms with Crippen molar-refractivity contribution in [1.82, 2.24) is 5.32 Å².